The van der Waals surface area contributed by atoms with Crippen molar-refractivity contribution in [2.75, 3.05) is 34.5 Å². The first-order chi connectivity index (χ1) is 13.4. The number of ether oxygens (including phenoxy) is 4. The number of hydrogen-bond acceptors (Lipinski definition) is 7. The Hall–Kier alpha value is -3.23. The van der Waals surface area contributed by atoms with Crippen LogP contribution >= 0.6 is 0 Å². The highest BCUT2D eigenvalue weighted by Gasteiger charge is 2.12. The van der Waals surface area contributed by atoms with E-state index in [4.69, 9.17) is 18.9 Å². The number of carbonyl (C=O) groups excluding carboxylic acids is 3. The zero-order chi connectivity index (χ0) is 20.9. The molecule has 1 aromatic carbocycles. The predicted molar refractivity (Wildman–Crippen MR) is 103 cm³/mol. The van der Waals surface area contributed by atoms with Crippen LogP contribution in [0, 0.1) is 0 Å². The third-order valence-corrected chi connectivity index (χ3v) is 3.55. The highest BCUT2D eigenvalue weighted by Crippen LogP contribution is 2.35. The maximum Gasteiger partial charge on any atom is 0.331 e. The van der Waals surface area contributed by atoms with E-state index >= 15 is 0 Å². The van der Waals surface area contributed by atoms with Gasteiger partial charge in [-0.2, -0.15) is 0 Å². The number of rotatable bonds is 10. The number of benzene rings is 1. The fourth-order valence-corrected chi connectivity index (χ4v) is 2.11. The standard InChI is InChI=1S/C19H26N2O7/c1-5-6-9-20-19(24)21-17(22)12-28-18(23)8-7-13-10-15(26-3)16(27-4)11-14(13)25-2/h7-8,10-11H,5-6,9,12H2,1-4H3,(H2,20,21,22,24)/b8-7+. The molecule has 0 spiro atoms. The van der Waals surface area contributed by atoms with Crippen molar-refractivity contribution < 1.29 is 33.3 Å². The van der Waals surface area contributed by atoms with E-state index in [1.165, 1.54) is 27.4 Å². The van der Waals surface area contributed by atoms with Crippen LogP contribution in [0.1, 0.15) is 25.3 Å². The Morgan fingerprint density at radius 2 is 1.64 bits per heavy atom. The van der Waals surface area contributed by atoms with Gasteiger partial charge in [-0.05, 0) is 18.6 Å². The van der Waals surface area contributed by atoms with Crippen molar-refractivity contribution in [3.05, 3.63) is 23.8 Å². The summed E-state index contributed by atoms with van der Waals surface area (Å²) in [4.78, 5) is 34.8. The molecule has 154 valence electrons. The number of nitrogens with one attached hydrogen (secondary N) is 2. The van der Waals surface area contributed by atoms with Crippen LogP contribution in [0.2, 0.25) is 0 Å². The van der Waals surface area contributed by atoms with Crippen molar-refractivity contribution in [3.8, 4) is 17.2 Å². The molecule has 2 N–H and O–H groups in total. The Bertz CT molecular complexity index is 716. The van der Waals surface area contributed by atoms with E-state index in [1.54, 1.807) is 12.1 Å². The fourth-order valence-electron chi connectivity index (χ4n) is 2.11. The summed E-state index contributed by atoms with van der Waals surface area (Å²) in [6.07, 6.45) is 4.32. The van der Waals surface area contributed by atoms with E-state index in [1.807, 2.05) is 6.92 Å². The van der Waals surface area contributed by atoms with Crippen molar-refractivity contribution in [1.29, 1.82) is 0 Å². The van der Waals surface area contributed by atoms with Crippen LogP contribution in [0.4, 0.5) is 4.79 Å². The van der Waals surface area contributed by atoms with Gasteiger partial charge in [-0.25, -0.2) is 9.59 Å². The second-order valence-corrected chi connectivity index (χ2v) is 5.55. The lowest BCUT2D eigenvalue weighted by Crippen LogP contribution is -2.41. The summed E-state index contributed by atoms with van der Waals surface area (Å²) in [6.45, 7) is 1.87. The summed E-state index contributed by atoms with van der Waals surface area (Å²) in [7, 11) is 4.47. The molecule has 0 radical (unpaired) electrons. The lowest BCUT2D eigenvalue weighted by atomic mass is 10.1. The van der Waals surface area contributed by atoms with Crippen molar-refractivity contribution in [2.45, 2.75) is 19.8 Å². The summed E-state index contributed by atoms with van der Waals surface area (Å²) >= 11 is 0. The number of amides is 3. The van der Waals surface area contributed by atoms with Gasteiger partial charge >= 0.3 is 12.0 Å². The van der Waals surface area contributed by atoms with Crippen LogP contribution in [0.15, 0.2) is 18.2 Å². The van der Waals surface area contributed by atoms with E-state index in [0.717, 1.165) is 18.9 Å². The van der Waals surface area contributed by atoms with Gasteiger partial charge in [0.25, 0.3) is 5.91 Å². The highest BCUT2D eigenvalue weighted by molar-refractivity contribution is 5.96. The lowest BCUT2D eigenvalue weighted by molar-refractivity contribution is -0.143. The van der Waals surface area contributed by atoms with Crippen LogP contribution in [-0.4, -0.2) is 52.4 Å². The SMILES string of the molecule is CCCCNC(=O)NC(=O)COC(=O)/C=C/c1cc(OC)c(OC)cc1OC. The van der Waals surface area contributed by atoms with E-state index in [2.05, 4.69) is 10.6 Å². The van der Waals surface area contributed by atoms with Crippen LogP contribution in [-0.2, 0) is 14.3 Å². The minimum Gasteiger partial charge on any atom is -0.496 e. The molecule has 9 nitrogen and oxygen atoms in total. The molecule has 0 aliphatic heterocycles. The molecular weight excluding hydrogens is 368 g/mol. The third kappa shape index (κ3) is 7.56. The maximum atomic E-state index is 11.8. The Morgan fingerprint density at radius 3 is 2.25 bits per heavy atom. The lowest BCUT2D eigenvalue weighted by Gasteiger charge is -2.12. The Balaban J connectivity index is 2.60. The largest absolute Gasteiger partial charge is 0.496 e. The Labute approximate surface area is 164 Å². The third-order valence-electron chi connectivity index (χ3n) is 3.55. The number of carbonyl (C=O) groups is 3. The summed E-state index contributed by atoms with van der Waals surface area (Å²) in [5.41, 5.74) is 0.553. The van der Waals surface area contributed by atoms with E-state index in [-0.39, 0.29) is 0 Å². The molecule has 0 unspecified atom stereocenters. The highest BCUT2D eigenvalue weighted by atomic mass is 16.5. The number of methoxy groups -OCH3 is 3. The Morgan fingerprint density at radius 1 is 1.00 bits per heavy atom. The first-order valence-corrected chi connectivity index (χ1v) is 8.67. The smallest absolute Gasteiger partial charge is 0.331 e. The van der Waals surface area contributed by atoms with Gasteiger partial charge in [0.05, 0.1) is 21.3 Å². The molecule has 1 aromatic rings. The fraction of sp³-hybridized carbons (Fsp3) is 0.421. The molecule has 0 heterocycles. The van der Waals surface area contributed by atoms with Gasteiger partial charge in [0, 0.05) is 24.3 Å². The minimum absolute atomic E-state index is 0.461. The summed E-state index contributed by atoms with van der Waals surface area (Å²) in [5, 5.41) is 4.59. The molecule has 0 aromatic heterocycles. The van der Waals surface area contributed by atoms with E-state index in [9.17, 15) is 14.4 Å². The van der Waals surface area contributed by atoms with Gasteiger partial charge < -0.3 is 24.3 Å². The minimum atomic E-state index is -0.752. The molecule has 0 saturated heterocycles. The van der Waals surface area contributed by atoms with Crippen molar-refractivity contribution in [2.24, 2.45) is 0 Å². The van der Waals surface area contributed by atoms with Crippen molar-refractivity contribution in [3.63, 3.8) is 0 Å². The summed E-state index contributed by atoms with van der Waals surface area (Å²) < 4.78 is 20.5. The number of urea groups is 1. The van der Waals surface area contributed by atoms with Crippen molar-refractivity contribution >= 4 is 24.0 Å². The topological polar surface area (TPSA) is 112 Å². The molecule has 9 heteroatoms. The molecule has 28 heavy (non-hydrogen) atoms. The number of esters is 1. The average molecular weight is 394 g/mol. The molecule has 0 aliphatic rings. The quantitative estimate of drug-likeness (QED) is 0.354. The molecule has 1 rings (SSSR count). The Kier molecular flexibility index (Phi) is 9.95. The van der Waals surface area contributed by atoms with Gasteiger partial charge in [-0.3, -0.25) is 10.1 Å². The van der Waals surface area contributed by atoms with Crippen LogP contribution in [0.5, 0.6) is 17.2 Å². The average Bonchev–Trinajstić information content (AvgIpc) is 2.70. The molecule has 0 saturated carbocycles. The number of hydrogen-bond donors (Lipinski definition) is 2. The van der Waals surface area contributed by atoms with Gasteiger partial charge in [-0.1, -0.05) is 13.3 Å². The van der Waals surface area contributed by atoms with Crippen LogP contribution in [0.3, 0.4) is 0 Å². The normalized spacial score (nSPS) is 10.3. The zero-order valence-electron chi connectivity index (χ0n) is 16.5. The number of unbranched alkanes of at least 4 members (excludes halogenated alkanes) is 1. The first kappa shape index (κ1) is 22.8. The maximum absolute atomic E-state index is 11.8. The molecule has 0 bridgehead atoms. The summed E-state index contributed by atoms with van der Waals surface area (Å²) in [5.74, 6) is -0.0706. The predicted octanol–water partition coefficient (Wildman–Crippen LogP) is 1.89. The first-order valence-electron chi connectivity index (χ1n) is 8.67. The van der Waals surface area contributed by atoms with Gasteiger partial charge in [0.2, 0.25) is 0 Å². The van der Waals surface area contributed by atoms with E-state index < -0.39 is 24.5 Å². The van der Waals surface area contributed by atoms with Gasteiger partial charge in [0.1, 0.15) is 5.75 Å². The van der Waals surface area contributed by atoms with Gasteiger partial charge in [0.15, 0.2) is 18.1 Å². The van der Waals surface area contributed by atoms with Crippen LogP contribution in [0.25, 0.3) is 6.08 Å². The molecular formula is C19H26N2O7. The van der Waals surface area contributed by atoms with Crippen molar-refractivity contribution in [1.82, 2.24) is 10.6 Å². The molecule has 0 aliphatic carbocycles. The van der Waals surface area contributed by atoms with Gasteiger partial charge in [-0.15, -0.1) is 0 Å². The molecule has 3 amide bonds. The number of imide groups is 1. The summed E-state index contributed by atoms with van der Waals surface area (Å²) in [6, 6.07) is 2.63. The molecule has 0 atom stereocenters. The second-order valence-electron chi connectivity index (χ2n) is 5.55. The second kappa shape index (κ2) is 12.2. The molecule has 0 fully saturated rings. The van der Waals surface area contributed by atoms with E-state index in [0.29, 0.717) is 29.4 Å². The zero-order valence-corrected chi connectivity index (χ0v) is 16.5. The van der Waals surface area contributed by atoms with Crippen LogP contribution < -0.4 is 24.8 Å². The monoisotopic (exact) mass is 394 g/mol.